The molecule has 1 aliphatic rings. The van der Waals surface area contributed by atoms with E-state index in [1.165, 1.54) is 10.5 Å². The van der Waals surface area contributed by atoms with Gasteiger partial charge in [0.1, 0.15) is 5.60 Å². The van der Waals surface area contributed by atoms with Gasteiger partial charge in [-0.2, -0.15) is 0 Å². The fraction of sp³-hybridized carbons (Fsp3) is 0.778. The van der Waals surface area contributed by atoms with Gasteiger partial charge in [-0.3, -0.25) is 4.79 Å². The van der Waals surface area contributed by atoms with Gasteiger partial charge in [0.05, 0.1) is 5.92 Å². The van der Waals surface area contributed by atoms with Crippen LogP contribution in [0.2, 0.25) is 0 Å². The highest BCUT2D eigenvalue weighted by atomic mass is 16.6. The van der Waals surface area contributed by atoms with Crippen molar-refractivity contribution in [1.29, 1.82) is 0 Å². The van der Waals surface area contributed by atoms with Crippen molar-refractivity contribution in [3.8, 4) is 0 Å². The maximum absolute atomic E-state index is 12.3. The lowest BCUT2D eigenvalue weighted by atomic mass is 10.1. The number of likely N-dealkylation sites (N-methyl/N-ethyl adjacent to an activating group) is 1. The van der Waals surface area contributed by atoms with E-state index in [1.54, 1.807) is 7.05 Å². The average Bonchev–Trinajstić information content (AvgIpc) is 2.87. The first-order chi connectivity index (χ1) is 10.4. The van der Waals surface area contributed by atoms with Gasteiger partial charge in [-0.15, -0.1) is 0 Å². The molecule has 2 unspecified atom stereocenters. The van der Waals surface area contributed by atoms with Gasteiger partial charge in [0.25, 0.3) is 0 Å². The molecular weight excluding hydrogens is 292 g/mol. The maximum Gasteiger partial charge on any atom is 0.410 e. The second-order valence-electron chi connectivity index (χ2n) is 8.26. The molecule has 0 radical (unpaired) electrons. The number of ether oxygens (including phenoxy) is 1. The van der Waals surface area contributed by atoms with Gasteiger partial charge in [-0.05, 0) is 46.0 Å². The Labute approximate surface area is 140 Å². The first kappa shape index (κ1) is 19.5. The first-order valence-electron chi connectivity index (χ1n) is 8.23. The molecule has 2 atom stereocenters. The normalized spacial score (nSPS) is 22.1. The van der Waals surface area contributed by atoms with Gasteiger partial charge < -0.3 is 15.0 Å². The van der Waals surface area contributed by atoms with Crippen LogP contribution in [0.5, 0.6) is 0 Å². The summed E-state index contributed by atoms with van der Waals surface area (Å²) in [5, 5.41) is 2.93. The van der Waals surface area contributed by atoms with Crippen LogP contribution in [0.1, 0.15) is 48.5 Å². The van der Waals surface area contributed by atoms with Crippen molar-refractivity contribution in [1.82, 2.24) is 10.2 Å². The number of hydrogen-bond acceptors (Lipinski definition) is 3. The van der Waals surface area contributed by atoms with Crippen molar-refractivity contribution in [2.24, 2.45) is 17.3 Å². The van der Waals surface area contributed by atoms with Gasteiger partial charge in [-0.25, -0.2) is 4.79 Å². The number of allylic oxidation sites excluding steroid dienone is 2. The molecule has 1 fully saturated rings. The van der Waals surface area contributed by atoms with Gasteiger partial charge in [0.2, 0.25) is 5.91 Å². The molecule has 0 heterocycles. The van der Waals surface area contributed by atoms with Crippen LogP contribution in [0.25, 0.3) is 0 Å². The lowest BCUT2D eigenvalue weighted by Crippen LogP contribution is -2.39. The molecule has 0 aromatic heterocycles. The molecule has 0 aromatic carbocycles. The van der Waals surface area contributed by atoms with E-state index in [4.69, 9.17) is 4.74 Å². The van der Waals surface area contributed by atoms with E-state index >= 15 is 0 Å². The lowest BCUT2D eigenvalue weighted by molar-refractivity contribution is -0.123. The average molecular weight is 324 g/mol. The third-order valence-corrected chi connectivity index (χ3v) is 4.16. The molecule has 0 spiro atoms. The summed E-state index contributed by atoms with van der Waals surface area (Å²) < 4.78 is 5.28. The van der Waals surface area contributed by atoms with Crippen LogP contribution < -0.4 is 5.32 Å². The predicted octanol–water partition coefficient (Wildman–Crippen LogP) is 3.21. The summed E-state index contributed by atoms with van der Waals surface area (Å²) in [4.78, 5) is 25.6. The Morgan fingerprint density at radius 2 is 1.83 bits per heavy atom. The molecule has 0 bridgehead atoms. The largest absolute Gasteiger partial charge is 0.444 e. The second-order valence-corrected chi connectivity index (χ2v) is 8.26. The third-order valence-electron chi connectivity index (χ3n) is 4.16. The molecule has 1 saturated carbocycles. The van der Waals surface area contributed by atoms with Crippen molar-refractivity contribution in [3.05, 3.63) is 11.6 Å². The van der Waals surface area contributed by atoms with Crippen molar-refractivity contribution < 1.29 is 14.3 Å². The van der Waals surface area contributed by atoms with Crippen LogP contribution in [0.3, 0.4) is 0 Å². The molecule has 0 aliphatic heterocycles. The second kappa shape index (κ2) is 6.93. The van der Waals surface area contributed by atoms with Crippen molar-refractivity contribution in [2.45, 2.75) is 54.1 Å². The van der Waals surface area contributed by atoms with E-state index in [1.807, 2.05) is 20.8 Å². The van der Waals surface area contributed by atoms with E-state index in [0.717, 1.165) is 0 Å². The number of nitrogens with one attached hydrogen (secondary N) is 1. The zero-order chi connectivity index (χ0) is 18.0. The number of nitrogens with zero attached hydrogens (tertiary/aromatic N) is 1. The first-order valence-corrected chi connectivity index (χ1v) is 8.23. The van der Waals surface area contributed by atoms with Crippen molar-refractivity contribution in [2.75, 3.05) is 20.1 Å². The van der Waals surface area contributed by atoms with Crippen LogP contribution >= 0.6 is 0 Å². The highest BCUT2D eigenvalue weighted by molar-refractivity contribution is 5.83. The smallest absolute Gasteiger partial charge is 0.410 e. The Bertz CT molecular complexity index is 485. The molecule has 23 heavy (non-hydrogen) atoms. The third kappa shape index (κ3) is 5.56. The Balaban J connectivity index is 2.41. The number of amides is 2. The highest BCUT2D eigenvalue weighted by Crippen LogP contribution is 2.59. The van der Waals surface area contributed by atoms with Crippen molar-refractivity contribution in [3.63, 3.8) is 0 Å². The summed E-state index contributed by atoms with van der Waals surface area (Å²) in [6.45, 7) is 14.7. The van der Waals surface area contributed by atoms with Crippen LogP contribution in [0, 0.1) is 17.3 Å². The van der Waals surface area contributed by atoms with E-state index in [9.17, 15) is 9.59 Å². The number of carbonyl (C=O) groups is 2. The van der Waals surface area contributed by atoms with Gasteiger partial charge >= 0.3 is 6.09 Å². The molecule has 5 nitrogen and oxygen atoms in total. The van der Waals surface area contributed by atoms with E-state index in [2.05, 4.69) is 39.1 Å². The summed E-state index contributed by atoms with van der Waals surface area (Å²) in [6.07, 6.45) is 1.80. The summed E-state index contributed by atoms with van der Waals surface area (Å²) in [7, 11) is 1.67. The monoisotopic (exact) mass is 324 g/mol. The summed E-state index contributed by atoms with van der Waals surface area (Å²) in [5.41, 5.74) is 0.742. The Kier molecular flexibility index (Phi) is 5.89. The molecule has 132 valence electrons. The van der Waals surface area contributed by atoms with E-state index < -0.39 is 5.60 Å². The molecule has 2 amide bonds. The number of carbonyl (C=O) groups excluding carboxylic acids is 2. The van der Waals surface area contributed by atoms with E-state index in [0.29, 0.717) is 19.0 Å². The topological polar surface area (TPSA) is 58.6 Å². The Morgan fingerprint density at radius 3 is 2.30 bits per heavy atom. The predicted molar refractivity (Wildman–Crippen MR) is 92.1 cm³/mol. The maximum atomic E-state index is 12.3. The number of hydrogen-bond donors (Lipinski definition) is 1. The molecule has 5 heteroatoms. The van der Waals surface area contributed by atoms with Gasteiger partial charge in [0, 0.05) is 20.1 Å². The SMILES string of the molecule is CC(C)=CC1C(C(=O)NCCN(C)C(=O)OC(C)(C)C)C1(C)C. The Morgan fingerprint density at radius 1 is 1.26 bits per heavy atom. The Hall–Kier alpha value is -1.52. The quantitative estimate of drug-likeness (QED) is 0.790. The van der Waals surface area contributed by atoms with E-state index in [-0.39, 0.29) is 23.3 Å². The van der Waals surface area contributed by atoms with Crippen molar-refractivity contribution >= 4 is 12.0 Å². The fourth-order valence-electron chi connectivity index (χ4n) is 2.74. The molecule has 1 aliphatic carbocycles. The van der Waals surface area contributed by atoms with Crippen LogP contribution in [0.4, 0.5) is 4.79 Å². The lowest BCUT2D eigenvalue weighted by Gasteiger charge is -2.24. The molecular formula is C18H32N2O3. The minimum absolute atomic E-state index is 0.0123. The summed E-state index contributed by atoms with van der Waals surface area (Å²) >= 11 is 0. The molecule has 1 N–H and O–H groups in total. The molecule has 0 aromatic rings. The molecule has 0 saturated heterocycles. The number of rotatable bonds is 5. The van der Waals surface area contributed by atoms with Crippen LogP contribution in [-0.2, 0) is 9.53 Å². The zero-order valence-corrected chi connectivity index (χ0v) is 15.8. The van der Waals surface area contributed by atoms with Gasteiger partial charge in [0.15, 0.2) is 0 Å². The molecule has 1 rings (SSSR count). The zero-order valence-electron chi connectivity index (χ0n) is 15.8. The summed E-state index contributed by atoms with van der Waals surface area (Å²) in [6, 6.07) is 0. The van der Waals surface area contributed by atoms with Gasteiger partial charge in [-0.1, -0.05) is 25.5 Å². The van der Waals surface area contributed by atoms with Crippen LogP contribution in [-0.4, -0.2) is 42.6 Å². The van der Waals surface area contributed by atoms with Crippen LogP contribution in [0.15, 0.2) is 11.6 Å². The minimum atomic E-state index is -0.510. The standard InChI is InChI=1S/C18H32N2O3/c1-12(2)11-13-14(18(13,6)7)15(21)19-9-10-20(8)16(22)23-17(3,4)5/h11,13-14H,9-10H2,1-8H3,(H,19,21). The fourth-order valence-corrected chi connectivity index (χ4v) is 2.74. The summed E-state index contributed by atoms with van der Waals surface area (Å²) in [5.74, 6) is 0.385. The minimum Gasteiger partial charge on any atom is -0.444 e. The highest BCUT2D eigenvalue weighted by Gasteiger charge is 2.60.